The van der Waals surface area contributed by atoms with E-state index < -0.39 is 5.97 Å². The summed E-state index contributed by atoms with van der Waals surface area (Å²) in [7, 11) is 0. The van der Waals surface area contributed by atoms with Crippen molar-refractivity contribution in [3.8, 4) is 0 Å². The third-order valence-corrected chi connectivity index (χ3v) is 2.68. The van der Waals surface area contributed by atoms with Crippen molar-refractivity contribution < 1.29 is 9.90 Å². The molecule has 0 fully saturated rings. The zero-order valence-corrected chi connectivity index (χ0v) is 9.25. The Kier molecular flexibility index (Phi) is 4.07. The van der Waals surface area contributed by atoms with Crippen molar-refractivity contribution >= 4 is 17.3 Å². The molecule has 0 aliphatic rings. The minimum absolute atomic E-state index is 0.294. The quantitative estimate of drug-likeness (QED) is 0.817. The number of aromatic nitrogens is 1. The Morgan fingerprint density at radius 1 is 1.64 bits per heavy atom. The lowest BCUT2D eigenvalue weighted by Crippen LogP contribution is -2.18. The van der Waals surface area contributed by atoms with E-state index in [0.717, 1.165) is 5.69 Å². The van der Waals surface area contributed by atoms with Gasteiger partial charge in [-0.2, -0.15) is 0 Å². The Bertz CT molecular complexity index is 282. The van der Waals surface area contributed by atoms with Crippen LogP contribution in [0.4, 0.5) is 0 Å². The van der Waals surface area contributed by atoms with Crippen molar-refractivity contribution in [1.29, 1.82) is 0 Å². The third kappa shape index (κ3) is 3.46. The fourth-order valence-corrected chi connectivity index (χ4v) is 2.00. The monoisotopic (exact) mass is 213 g/mol. The SMILES string of the molecule is CC(C)CC(Cc1cscn1)C(=O)O. The van der Waals surface area contributed by atoms with Crippen molar-refractivity contribution in [2.75, 3.05) is 0 Å². The predicted octanol–water partition coefficient (Wildman–Crippen LogP) is 2.43. The molecule has 1 rings (SSSR count). The van der Waals surface area contributed by atoms with E-state index in [9.17, 15) is 4.79 Å². The summed E-state index contributed by atoms with van der Waals surface area (Å²) in [5, 5.41) is 10.9. The number of carboxylic acids is 1. The maximum atomic E-state index is 10.9. The minimum Gasteiger partial charge on any atom is -0.481 e. The second-order valence-electron chi connectivity index (χ2n) is 3.85. The topological polar surface area (TPSA) is 50.2 Å². The van der Waals surface area contributed by atoms with Gasteiger partial charge in [-0.05, 0) is 12.3 Å². The molecule has 1 N–H and O–H groups in total. The van der Waals surface area contributed by atoms with Crippen LogP contribution in [0.15, 0.2) is 10.9 Å². The van der Waals surface area contributed by atoms with Crippen LogP contribution in [0.25, 0.3) is 0 Å². The van der Waals surface area contributed by atoms with Crippen LogP contribution >= 0.6 is 11.3 Å². The Labute approximate surface area is 87.8 Å². The van der Waals surface area contributed by atoms with Gasteiger partial charge in [-0.15, -0.1) is 11.3 Å². The summed E-state index contributed by atoms with van der Waals surface area (Å²) in [5.74, 6) is -0.599. The van der Waals surface area contributed by atoms with E-state index in [4.69, 9.17) is 5.11 Å². The standard InChI is InChI=1S/C10H15NO2S/c1-7(2)3-8(10(12)13)4-9-5-14-6-11-9/h5-8H,3-4H2,1-2H3,(H,12,13). The van der Waals surface area contributed by atoms with E-state index in [1.807, 2.05) is 19.2 Å². The van der Waals surface area contributed by atoms with Crippen LogP contribution in [-0.4, -0.2) is 16.1 Å². The molecule has 1 heterocycles. The lowest BCUT2D eigenvalue weighted by Gasteiger charge is -2.12. The molecular formula is C10H15NO2S. The van der Waals surface area contributed by atoms with E-state index in [2.05, 4.69) is 4.98 Å². The molecular weight excluding hydrogens is 198 g/mol. The van der Waals surface area contributed by atoms with Gasteiger partial charge >= 0.3 is 5.97 Å². The molecule has 1 aromatic heterocycles. The average Bonchev–Trinajstić information content (AvgIpc) is 2.54. The van der Waals surface area contributed by atoms with Crippen LogP contribution < -0.4 is 0 Å². The molecule has 0 aliphatic carbocycles. The molecule has 3 nitrogen and oxygen atoms in total. The summed E-state index contributed by atoms with van der Waals surface area (Å²) >= 11 is 1.51. The van der Waals surface area contributed by atoms with Gasteiger partial charge in [0, 0.05) is 11.8 Å². The van der Waals surface area contributed by atoms with Crippen LogP contribution in [0.2, 0.25) is 0 Å². The normalized spacial score (nSPS) is 13.1. The zero-order valence-electron chi connectivity index (χ0n) is 8.43. The number of hydrogen-bond donors (Lipinski definition) is 1. The van der Waals surface area contributed by atoms with Gasteiger partial charge < -0.3 is 5.11 Å². The molecule has 0 spiro atoms. The molecule has 1 atom stereocenters. The highest BCUT2D eigenvalue weighted by Crippen LogP contribution is 2.17. The largest absolute Gasteiger partial charge is 0.481 e. The van der Waals surface area contributed by atoms with E-state index in [1.165, 1.54) is 11.3 Å². The molecule has 0 radical (unpaired) electrons. The summed E-state index contributed by atoms with van der Waals surface area (Å²) in [5.41, 5.74) is 2.63. The lowest BCUT2D eigenvalue weighted by atomic mass is 9.93. The maximum absolute atomic E-state index is 10.9. The van der Waals surface area contributed by atoms with Gasteiger partial charge in [0.05, 0.1) is 17.1 Å². The number of nitrogens with zero attached hydrogens (tertiary/aromatic N) is 1. The molecule has 4 heteroatoms. The van der Waals surface area contributed by atoms with Crippen LogP contribution in [0.1, 0.15) is 26.0 Å². The fraction of sp³-hybridized carbons (Fsp3) is 0.600. The van der Waals surface area contributed by atoms with E-state index in [1.54, 1.807) is 5.51 Å². The van der Waals surface area contributed by atoms with Crippen molar-refractivity contribution in [1.82, 2.24) is 4.98 Å². The van der Waals surface area contributed by atoms with E-state index in [0.29, 0.717) is 18.8 Å². The van der Waals surface area contributed by atoms with Gasteiger partial charge in [0.1, 0.15) is 0 Å². The number of hydrogen-bond acceptors (Lipinski definition) is 3. The molecule has 0 amide bonds. The highest BCUT2D eigenvalue weighted by Gasteiger charge is 2.19. The third-order valence-electron chi connectivity index (χ3n) is 2.04. The molecule has 0 aromatic carbocycles. The van der Waals surface area contributed by atoms with E-state index in [-0.39, 0.29) is 5.92 Å². The number of thiazole rings is 1. The first-order chi connectivity index (χ1) is 6.59. The highest BCUT2D eigenvalue weighted by molar-refractivity contribution is 7.07. The molecule has 1 unspecified atom stereocenters. The fourth-order valence-electron chi connectivity index (χ4n) is 1.43. The molecule has 1 aromatic rings. The lowest BCUT2D eigenvalue weighted by molar-refractivity contribution is -0.142. The van der Waals surface area contributed by atoms with Gasteiger partial charge in [-0.1, -0.05) is 13.8 Å². The first kappa shape index (κ1) is 11.2. The number of carbonyl (C=O) groups is 1. The summed E-state index contributed by atoms with van der Waals surface area (Å²) in [4.78, 5) is 15.0. The molecule has 0 bridgehead atoms. The smallest absolute Gasteiger partial charge is 0.306 e. The van der Waals surface area contributed by atoms with Crippen LogP contribution in [0.5, 0.6) is 0 Å². The summed E-state index contributed by atoms with van der Waals surface area (Å²) < 4.78 is 0. The number of aliphatic carboxylic acids is 1. The molecule has 0 aliphatic heterocycles. The van der Waals surface area contributed by atoms with Crippen LogP contribution in [0, 0.1) is 11.8 Å². The molecule has 0 saturated heterocycles. The molecule has 0 saturated carbocycles. The second kappa shape index (κ2) is 5.10. The maximum Gasteiger partial charge on any atom is 0.306 e. The van der Waals surface area contributed by atoms with Gasteiger partial charge in [0.2, 0.25) is 0 Å². The van der Waals surface area contributed by atoms with Crippen molar-refractivity contribution in [2.45, 2.75) is 26.7 Å². The van der Waals surface area contributed by atoms with Gasteiger partial charge in [-0.3, -0.25) is 4.79 Å². The Morgan fingerprint density at radius 3 is 2.79 bits per heavy atom. The summed E-state index contributed by atoms with van der Waals surface area (Å²) in [6, 6.07) is 0. The minimum atomic E-state index is -0.716. The van der Waals surface area contributed by atoms with Crippen molar-refractivity contribution in [3.63, 3.8) is 0 Å². The highest BCUT2D eigenvalue weighted by atomic mass is 32.1. The molecule has 14 heavy (non-hydrogen) atoms. The first-order valence-electron chi connectivity index (χ1n) is 4.69. The Morgan fingerprint density at radius 2 is 2.36 bits per heavy atom. The summed E-state index contributed by atoms with van der Waals surface area (Å²) in [6.07, 6.45) is 1.27. The van der Waals surface area contributed by atoms with Crippen molar-refractivity contribution in [3.05, 3.63) is 16.6 Å². The van der Waals surface area contributed by atoms with Gasteiger partial charge in [-0.25, -0.2) is 4.98 Å². The van der Waals surface area contributed by atoms with E-state index >= 15 is 0 Å². The summed E-state index contributed by atoms with van der Waals surface area (Å²) in [6.45, 7) is 4.08. The number of carboxylic acid groups (broad SMARTS) is 1. The Hall–Kier alpha value is -0.900. The van der Waals surface area contributed by atoms with Crippen LogP contribution in [0.3, 0.4) is 0 Å². The number of rotatable bonds is 5. The Balaban J connectivity index is 2.56. The zero-order chi connectivity index (χ0) is 10.6. The first-order valence-corrected chi connectivity index (χ1v) is 5.63. The predicted molar refractivity (Wildman–Crippen MR) is 56.4 cm³/mol. The molecule has 78 valence electrons. The van der Waals surface area contributed by atoms with Crippen molar-refractivity contribution in [2.24, 2.45) is 11.8 Å². The second-order valence-corrected chi connectivity index (χ2v) is 4.57. The van der Waals surface area contributed by atoms with Gasteiger partial charge in [0.15, 0.2) is 0 Å². The average molecular weight is 213 g/mol. The van der Waals surface area contributed by atoms with Crippen LogP contribution in [-0.2, 0) is 11.2 Å². The van der Waals surface area contributed by atoms with Gasteiger partial charge in [0.25, 0.3) is 0 Å².